The Morgan fingerprint density at radius 1 is 0.607 bits per heavy atom. The van der Waals surface area contributed by atoms with Crippen LogP contribution in [-0.2, 0) is 0 Å². The molecule has 0 spiro atoms. The van der Waals surface area contributed by atoms with Crippen molar-refractivity contribution < 1.29 is 19.2 Å². The Bertz CT molecular complexity index is 917. The van der Waals surface area contributed by atoms with Gasteiger partial charge < -0.3 is 0 Å². The molecular formula is C22H22N2O4. The van der Waals surface area contributed by atoms with Crippen molar-refractivity contribution >= 4 is 34.4 Å². The molecule has 6 nitrogen and oxygen atoms in total. The maximum absolute atomic E-state index is 13.0. The second-order valence-electron chi connectivity index (χ2n) is 7.55. The van der Waals surface area contributed by atoms with Crippen molar-refractivity contribution in [2.45, 2.75) is 52.6 Å². The van der Waals surface area contributed by atoms with E-state index >= 15 is 0 Å². The van der Waals surface area contributed by atoms with E-state index in [0.29, 0.717) is 45.9 Å². The van der Waals surface area contributed by atoms with Crippen LogP contribution in [0.4, 0.5) is 0 Å². The molecule has 0 N–H and O–H groups in total. The number of carbonyl (C=O) groups is 4. The van der Waals surface area contributed by atoms with Crippen molar-refractivity contribution in [2.24, 2.45) is 0 Å². The normalized spacial score (nSPS) is 18.1. The highest BCUT2D eigenvalue weighted by molar-refractivity contribution is 6.33. The van der Waals surface area contributed by atoms with Crippen molar-refractivity contribution in [3.63, 3.8) is 0 Å². The molecule has 0 unspecified atom stereocenters. The summed E-state index contributed by atoms with van der Waals surface area (Å²) in [7, 11) is 0. The number of hydrogen-bond donors (Lipinski definition) is 0. The fourth-order valence-electron chi connectivity index (χ4n) is 4.08. The summed E-state index contributed by atoms with van der Waals surface area (Å²) in [6.07, 6.45) is 1.29. The van der Waals surface area contributed by atoms with Crippen molar-refractivity contribution in [3.05, 3.63) is 46.5 Å². The quantitative estimate of drug-likeness (QED) is 0.762. The number of nitrogens with zero attached hydrogens (tertiary/aromatic N) is 2. The van der Waals surface area contributed by atoms with Gasteiger partial charge in [0.1, 0.15) is 0 Å². The largest absolute Gasteiger partial charge is 0.272 e. The van der Waals surface area contributed by atoms with E-state index in [9.17, 15) is 19.2 Å². The van der Waals surface area contributed by atoms with Crippen LogP contribution in [0.2, 0.25) is 0 Å². The molecule has 4 rings (SSSR count). The maximum Gasteiger partial charge on any atom is 0.261 e. The third kappa shape index (κ3) is 2.20. The van der Waals surface area contributed by atoms with Crippen molar-refractivity contribution in [3.8, 4) is 0 Å². The van der Waals surface area contributed by atoms with Crippen LogP contribution >= 0.6 is 0 Å². The molecule has 28 heavy (non-hydrogen) atoms. The number of imide groups is 2. The number of amides is 4. The summed E-state index contributed by atoms with van der Waals surface area (Å²) in [4.78, 5) is 54.7. The zero-order chi connectivity index (χ0) is 20.3. The van der Waals surface area contributed by atoms with Crippen LogP contribution < -0.4 is 0 Å². The van der Waals surface area contributed by atoms with Crippen LogP contribution in [0.1, 0.15) is 82.0 Å². The summed E-state index contributed by atoms with van der Waals surface area (Å²) in [5.41, 5.74) is 1.47. The van der Waals surface area contributed by atoms with Gasteiger partial charge in [0.15, 0.2) is 0 Å². The predicted octanol–water partition coefficient (Wildman–Crippen LogP) is 3.63. The smallest absolute Gasteiger partial charge is 0.261 e. The number of rotatable bonds is 4. The van der Waals surface area contributed by atoms with Gasteiger partial charge in [-0.15, -0.1) is 0 Å². The molecule has 2 aromatic rings. The van der Waals surface area contributed by atoms with Crippen molar-refractivity contribution in [1.82, 2.24) is 9.80 Å². The number of carbonyl (C=O) groups excluding carboxylic acids is 4. The predicted molar refractivity (Wildman–Crippen MR) is 104 cm³/mol. The molecule has 6 heteroatoms. The minimum atomic E-state index is -0.375. The Morgan fingerprint density at radius 3 is 1.07 bits per heavy atom. The highest BCUT2D eigenvalue weighted by atomic mass is 16.2. The molecule has 2 aliphatic heterocycles. The standard InChI is InChI=1S/C22H22N2O4/c1-5-11(3)23-19(25)13-7-9-15-18-16(10-8-14(17(13)18)20(23)26)22(28)24(21(15)27)12(4)6-2/h7-12H,5-6H2,1-4H3/t11-,12-/m0/s1. The summed E-state index contributed by atoms with van der Waals surface area (Å²) < 4.78 is 0. The molecule has 0 bridgehead atoms. The van der Waals surface area contributed by atoms with Gasteiger partial charge in [0.05, 0.1) is 0 Å². The van der Waals surface area contributed by atoms with Crippen LogP contribution in [0.5, 0.6) is 0 Å². The van der Waals surface area contributed by atoms with E-state index in [1.54, 1.807) is 24.3 Å². The summed E-state index contributed by atoms with van der Waals surface area (Å²) >= 11 is 0. The summed E-state index contributed by atoms with van der Waals surface area (Å²) in [6, 6.07) is 5.96. The molecule has 0 aromatic heterocycles. The molecule has 0 radical (unpaired) electrons. The Balaban J connectivity index is 2.01. The fourth-order valence-corrected chi connectivity index (χ4v) is 4.08. The lowest BCUT2D eigenvalue weighted by Gasteiger charge is -2.35. The Labute approximate surface area is 163 Å². The minimum absolute atomic E-state index is 0.236. The lowest BCUT2D eigenvalue weighted by Crippen LogP contribution is -2.47. The van der Waals surface area contributed by atoms with E-state index in [1.165, 1.54) is 9.80 Å². The molecule has 0 aliphatic carbocycles. The molecule has 2 atom stereocenters. The van der Waals surface area contributed by atoms with E-state index in [0.717, 1.165) is 0 Å². The van der Waals surface area contributed by atoms with E-state index in [1.807, 2.05) is 27.7 Å². The summed E-state index contributed by atoms with van der Waals surface area (Å²) in [6.45, 7) is 7.51. The third-order valence-electron chi connectivity index (χ3n) is 6.02. The second-order valence-corrected chi connectivity index (χ2v) is 7.55. The SMILES string of the molecule is CC[C@H](C)N1C(=O)c2ccc3c4c(ccc(c24)C1=O)C(=O)N([C@@H](C)CC)C3=O. The number of hydrogen-bond acceptors (Lipinski definition) is 4. The Hall–Kier alpha value is -3.02. The minimum Gasteiger partial charge on any atom is -0.272 e. The highest BCUT2D eigenvalue weighted by Gasteiger charge is 2.41. The highest BCUT2D eigenvalue weighted by Crippen LogP contribution is 2.38. The molecule has 0 saturated carbocycles. The van der Waals surface area contributed by atoms with Gasteiger partial charge in [-0.2, -0.15) is 0 Å². The molecule has 144 valence electrons. The maximum atomic E-state index is 13.0. The van der Waals surface area contributed by atoms with Gasteiger partial charge in [-0.1, -0.05) is 13.8 Å². The molecule has 2 aromatic carbocycles. The number of benzene rings is 2. The summed E-state index contributed by atoms with van der Waals surface area (Å²) in [5, 5.41) is 0.852. The first-order chi connectivity index (χ1) is 13.3. The van der Waals surface area contributed by atoms with Crippen LogP contribution in [0, 0.1) is 0 Å². The average Bonchev–Trinajstić information content (AvgIpc) is 2.70. The van der Waals surface area contributed by atoms with Crippen LogP contribution in [0.3, 0.4) is 0 Å². The van der Waals surface area contributed by atoms with Gasteiger partial charge in [-0.05, 0) is 51.0 Å². The lowest BCUT2D eigenvalue weighted by molar-refractivity contribution is 0.0525. The van der Waals surface area contributed by atoms with Gasteiger partial charge in [-0.25, -0.2) is 0 Å². The van der Waals surface area contributed by atoms with Gasteiger partial charge in [0.25, 0.3) is 23.6 Å². The van der Waals surface area contributed by atoms with E-state index in [4.69, 9.17) is 0 Å². The zero-order valence-electron chi connectivity index (χ0n) is 16.4. The molecule has 4 amide bonds. The average molecular weight is 378 g/mol. The van der Waals surface area contributed by atoms with Crippen LogP contribution in [0.25, 0.3) is 10.8 Å². The van der Waals surface area contributed by atoms with E-state index < -0.39 is 0 Å². The van der Waals surface area contributed by atoms with Gasteiger partial charge in [0, 0.05) is 45.1 Å². The first-order valence-corrected chi connectivity index (χ1v) is 9.68. The molecule has 0 fully saturated rings. The van der Waals surface area contributed by atoms with Gasteiger partial charge in [0.2, 0.25) is 0 Å². The van der Waals surface area contributed by atoms with E-state index in [2.05, 4.69) is 0 Å². The first-order valence-electron chi connectivity index (χ1n) is 9.68. The third-order valence-corrected chi connectivity index (χ3v) is 6.02. The fraction of sp³-hybridized carbons (Fsp3) is 0.364. The van der Waals surface area contributed by atoms with Crippen molar-refractivity contribution in [2.75, 3.05) is 0 Å². The molecular weight excluding hydrogens is 356 g/mol. The van der Waals surface area contributed by atoms with Gasteiger partial charge >= 0.3 is 0 Å². The molecule has 0 saturated heterocycles. The van der Waals surface area contributed by atoms with E-state index in [-0.39, 0.29) is 35.7 Å². The summed E-state index contributed by atoms with van der Waals surface area (Å²) in [5.74, 6) is -1.50. The second kappa shape index (κ2) is 6.26. The zero-order valence-corrected chi connectivity index (χ0v) is 16.4. The monoisotopic (exact) mass is 378 g/mol. The molecule has 2 heterocycles. The Kier molecular flexibility index (Phi) is 4.10. The van der Waals surface area contributed by atoms with Gasteiger partial charge in [-0.3, -0.25) is 29.0 Å². The Morgan fingerprint density at radius 2 is 0.857 bits per heavy atom. The molecule has 2 aliphatic rings. The topological polar surface area (TPSA) is 74.8 Å². The van der Waals surface area contributed by atoms with Crippen LogP contribution in [0.15, 0.2) is 24.3 Å². The van der Waals surface area contributed by atoms with Crippen LogP contribution in [-0.4, -0.2) is 45.5 Å². The first kappa shape index (κ1) is 18.3. The lowest BCUT2D eigenvalue weighted by atomic mass is 9.85. The van der Waals surface area contributed by atoms with Crippen molar-refractivity contribution in [1.29, 1.82) is 0 Å².